The number of benzene rings is 2. The number of carbonyl (C=O) groups excluding carboxylic acids is 3. The molecule has 2 aliphatic rings. The van der Waals surface area contributed by atoms with Crippen LogP contribution in [-0.2, 0) is 11.3 Å². The van der Waals surface area contributed by atoms with Crippen LogP contribution in [0.25, 0.3) is 0 Å². The molecule has 1 heterocycles. The third-order valence-electron chi connectivity index (χ3n) is 6.30. The number of imide groups is 1. The second-order valence-corrected chi connectivity index (χ2v) is 8.51. The Labute approximate surface area is 182 Å². The summed E-state index contributed by atoms with van der Waals surface area (Å²) in [4.78, 5) is 41.7. The van der Waals surface area contributed by atoms with Gasteiger partial charge >= 0.3 is 0 Å². The van der Waals surface area contributed by atoms with Crippen molar-refractivity contribution in [2.75, 3.05) is 13.7 Å². The van der Waals surface area contributed by atoms with Crippen LogP contribution in [-0.4, -0.2) is 47.2 Å². The van der Waals surface area contributed by atoms with Crippen LogP contribution in [0.15, 0.2) is 42.5 Å². The molecule has 1 atom stereocenters. The molecule has 1 saturated carbocycles. The summed E-state index contributed by atoms with van der Waals surface area (Å²) >= 11 is 0. The van der Waals surface area contributed by atoms with Gasteiger partial charge in [-0.2, -0.15) is 0 Å². The molecular weight excluding hydrogens is 392 g/mol. The normalized spacial score (nSPS) is 16.3. The minimum Gasteiger partial charge on any atom is -0.497 e. The first-order valence-corrected chi connectivity index (χ1v) is 10.8. The Kier molecular flexibility index (Phi) is 5.81. The predicted octanol–water partition coefficient (Wildman–Crippen LogP) is 3.82. The SMILES string of the molecule is COc1ccc(CN(C(=O)CCN2C(=O)c3ccc(C)cc3C2=O)C(C)C2CC2)cc1. The molecule has 0 bridgehead atoms. The Morgan fingerprint density at radius 1 is 1.10 bits per heavy atom. The third kappa shape index (κ3) is 4.33. The molecule has 6 nitrogen and oxygen atoms in total. The molecule has 1 aliphatic heterocycles. The van der Waals surface area contributed by atoms with E-state index in [0.717, 1.165) is 29.7 Å². The van der Waals surface area contributed by atoms with Crippen LogP contribution in [0, 0.1) is 12.8 Å². The van der Waals surface area contributed by atoms with Crippen molar-refractivity contribution in [1.82, 2.24) is 9.80 Å². The standard InChI is InChI=1S/C25H28N2O4/c1-16-4-11-21-22(14-16)25(30)26(24(21)29)13-12-23(28)27(17(2)19-7-8-19)15-18-5-9-20(31-3)10-6-18/h4-6,9-11,14,17,19H,7-8,12-13,15H2,1-3H3. The summed E-state index contributed by atoms with van der Waals surface area (Å²) in [5, 5.41) is 0. The summed E-state index contributed by atoms with van der Waals surface area (Å²) < 4.78 is 5.22. The molecule has 4 rings (SSSR count). The van der Waals surface area contributed by atoms with Crippen LogP contribution in [0.3, 0.4) is 0 Å². The lowest BCUT2D eigenvalue weighted by Gasteiger charge is -2.30. The first kappa shape index (κ1) is 21.1. The molecular formula is C25H28N2O4. The van der Waals surface area contributed by atoms with Crippen LogP contribution >= 0.6 is 0 Å². The number of hydrogen-bond donors (Lipinski definition) is 0. The zero-order valence-electron chi connectivity index (χ0n) is 18.3. The van der Waals surface area contributed by atoms with Crippen LogP contribution < -0.4 is 4.74 Å². The molecule has 0 aromatic heterocycles. The van der Waals surface area contributed by atoms with Crippen LogP contribution in [0.2, 0.25) is 0 Å². The Hall–Kier alpha value is -3.15. The Morgan fingerprint density at radius 2 is 1.77 bits per heavy atom. The van der Waals surface area contributed by atoms with Gasteiger partial charge in [-0.1, -0.05) is 23.8 Å². The fourth-order valence-corrected chi connectivity index (χ4v) is 4.18. The monoisotopic (exact) mass is 420 g/mol. The molecule has 162 valence electrons. The minimum absolute atomic E-state index is 0.0389. The molecule has 2 aromatic rings. The van der Waals surface area contributed by atoms with E-state index in [0.29, 0.717) is 23.6 Å². The molecule has 1 fully saturated rings. The molecule has 0 saturated heterocycles. The van der Waals surface area contributed by atoms with Gasteiger partial charge in [0.1, 0.15) is 5.75 Å². The van der Waals surface area contributed by atoms with E-state index in [-0.39, 0.29) is 36.7 Å². The Bertz CT molecular complexity index is 1010. The van der Waals surface area contributed by atoms with E-state index in [9.17, 15) is 14.4 Å². The van der Waals surface area contributed by atoms with E-state index in [1.807, 2.05) is 42.2 Å². The highest BCUT2D eigenvalue weighted by Gasteiger charge is 2.37. The third-order valence-corrected chi connectivity index (χ3v) is 6.30. The maximum Gasteiger partial charge on any atom is 0.261 e. The molecule has 1 aliphatic carbocycles. The summed E-state index contributed by atoms with van der Waals surface area (Å²) in [6.45, 7) is 4.58. The number of hydrogen-bond acceptors (Lipinski definition) is 4. The number of amides is 3. The van der Waals surface area contributed by atoms with Crippen molar-refractivity contribution in [3.8, 4) is 5.75 Å². The molecule has 3 amide bonds. The number of nitrogens with zero attached hydrogens (tertiary/aromatic N) is 2. The molecule has 0 spiro atoms. The minimum atomic E-state index is -0.315. The second-order valence-electron chi connectivity index (χ2n) is 8.51. The highest BCUT2D eigenvalue weighted by atomic mass is 16.5. The Morgan fingerprint density at radius 3 is 2.42 bits per heavy atom. The highest BCUT2D eigenvalue weighted by molar-refractivity contribution is 6.21. The molecule has 31 heavy (non-hydrogen) atoms. The average molecular weight is 421 g/mol. The quantitative estimate of drug-likeness (QED) is 0.609. The summed E-state index contributed by atoms with van der Waals surface area (Å²) in [5.74, 6) is 0.628. The van der Waals surface area contributed by atoms with E-state index < -0.39 is 0 Å². The predicted molar refractivity (Wildman–Crippen MR) is 117 cm³/mol. The topological polar surface area (TPSA) is 66.9 Å². The lowest BCUT2D eigenvalue weighted by molar-refractivity contribution is -0.134. The van der Waals surface area contributed by atoms with Gasteiger partial charge < -0.3 is 9.64 Å². The van der Waals surface area contributed by atoms with Crippen molar-refractivity contribution in [3.63, 3.8) is 0 Å². The molecule has 0 radical (unpaired) electrons. The molecule has 0 N–H and O–H groups in total. The number of carbonyl (C=O) groups is 3. The highest BCUT2D eigenvalue weighted by Crippen LogP contribution is 2.36. The molecule has 6 heteroatoms. The van der Waals surface area contributed by atoms with E-state index in [2.05, 4.69) is 6.92 Å². The maximum absolute atomic E-state index is 13.2. The van der Waals surface area contributed by atoms with Crippen molar-refractivity contribution in [2.45, 2.75) is 45.7 Å². The molecule has 1 unspecified atom stereocenters. The summed E-state index contributed by atoms with van der Waals surface area (Å²) in [6, 6.07) is 13.1. The van der Waals surface area contributed by atoms with Gasteiger partial charge in [-0.25, -0.2) is 0 Å². The van der Waals surface area contributed by atoms with Gasteiger partial charge in [0.05, 0.1) is 18.2 Å². The van der Waals surface area contributed by atoms with Crippen molar-refractivity contribution in [3.05, 3.63) is 64.7 Å². The van der Waals surface area contributed by atoms with Gasteiger partial charge in [0.2, 0.25) is 5.91 Å². The summed E-state index contributed by atoms with van der Waals surface area (Å²) in [7, 11) is 1.63. The fourth-order valence-electron chi connectivity index (χ4n) is 4.18. The first-order valence-electron chi connectivity index (χ1n) is 10.8. The number of ether oxygens (including phenoxy) is 1. The zero-order valence-corrected chi connectivity index (χ0v) is 18.3. The van der Waals surface area contributed by atoms with Crippen LogP contribution in [0.1, 0.15) is 58.0 Å². The van der Waals surface area contributed by atoms with Crippen LogP contribution in [0.5, 0.6) is 5.75 Å². The number of rotatable bonds is 8. The van der Waals surface area contributed by atoms with Crippen LogP contribution in [0.4, 0.5) is 0 Å². The average Bonchev–Trinajstić information content (AvgIpc) is 3.59. The molecule has 2 aromatic carbocycles. The van der Waals surface area contributed by atoms with Gasteiger partial charge in [-0.3, -0.25) is 19.3 Å². The number of aryl methyl sites for hydroxylation is 1. The number of methoxy groups -OCH3 is 1. The van der Waals surface area contributed by atoms with Gasteiger partial charge in [-0.15, -0.1) is 0 Å². The van der Waals surface area contributed by atoms with Crippen molar-refractivity contribution < 1.29 is 19.1 Å². The summed E-state index contributed by atoms with van der Waals surface area (Å²) in [5.41, 5.74) is 2.81. The first-order chi connectivity index (χ1) is 14.9. The maximum atomic E-state index is 13.2. The largest absolute Gasteiger partial charge is 0.497 e. The van der Waals surface area contributed by atoms with E-state index in [1.54, 1.807) is 19.2 Å². The Balaban J connectivity index is 1.45. The van der Waals surface area contributed by atoms with Gasteiger partial charge in [0.25, 0.3) is 11.8 Å². The fraction of sp³-hybridized carbons (Fsp3) is 0.400. The lowest BCUT2D eigenvalue weighted by Crippen LogP contribution is -2.41. The smallest absolute Gasteiger partial charge is 0.261 e. The van der Waals surface area contributed by atoms with Crippen molar-refractivity contribution in [2.24, 2.45) is 5.92 Å². The van der Waals surface area contributed by atoms with E-state index >= 15 is 0 Å². The second kappa shape index (κ2) is 8.53. The van der Waals surface area contributed by atoms with Gasteiger partial charge in [-0.05, 0) is 62.4 Å². The van der Waals surface area contributed by atoms with E-state index in [4.69, 9.17) is 4.74 Å². The van der Waals surface area contributed by atoms with Gasteiger partial charge in [0.15, 0.2) is 0 Å². The van der Waals surface area contributed by atoms with E-state index in [1.165, 1.54) is 4.90 Å². The van der Waals surface area contributed by atoms with Gasteiger partial charge in [0, 0.05) is 25.6 Å². The zero-order chi connectivity index (χ0) is 22.1. The number of fused-ring (bicyclic) bond motifs is 1. The van der Waals surface area contributed by atoms with Crippen molar-refractivity contribution >= 4 is 17.7 Å². The summed E-state index contributed by atoms with van der Waals surface area (Å²) in [6.07, 6.45) is 2.38. The lowest BCUT2D eigenvalue weighted by atomic mass is 10.1. The van der Waals surface area contributed by atoms with Crippen molar-refractivity contribution in [1.29, 1.82) is 0 Å².